The van der Waals surface area contributed by atoms with Gasteiger partial charge in [-0.2, -0.15) is 0 Å². The molecule has 0 bridgehead atoms. The lowest BCUT2D eigenvalue weighted by Crippen LogP contribution is -2.61. The Morgan fingerprint density at radius 3 is 1.72 bits per heavy atom. The molecule has 2 rings (SSSR count). The maximum Gasteiger partial charge on any atom is 0.326 e. The first-order valence-electron chi connectivity index (χ1n) is 16.0. The molecule has 0 aromatic carbocycles. The molecule has 2 heterocycles. The number of carbonyl (C=O) groups excluding carboxylic acids is 7. The number of likely N-dealkylation sites (tertiary alicyclic amines) is 2. The summed E-state index contributed by atoms with van der Waals surface area (Å²) < 4.78 is 0. The van der Waals surface area contributed by atoms with Gasteiger partial charge in [-0.25, -0.2) is 4.79 Å². The van der Waals surface area contributed by atoms with Gasteiger partial charge in [0.15, 0.2) is 0 Å². The predicted molar refractivity (Wildman–Crippen MR) is 168 cm³/mol. The van der Waals surface area contributed by atoms with Gasteiger partial charge in [0.2, 0.25) is 41.4 Å². The summed E-state index contributed by atoms with van der Waals surface area (Å²) >= 11 is 0. The second-order valence-corrected chi connectivity index (χ2v) is 12.2. The largest absolute Gasteiger partial charge is 0.481 e. The van der Waals surface area contributed by atoms with E-state index in [1.165, 1.54) is 13.8 Å². The number of rotatable bonds is 18. The number of aliphatic hydroxyl groups is 2. The smallest absolute Gasteiger partial charge is 0.326 e. The molecule has 12 N–H and O–H groups in total. The zero-order chi connectivity index (χ0) is 37.9. The number of primary amides is 1. The maximum atomic E-state index is 13.6. The Bertz CT molecular complexity index is 1330. The molecule has 2 fully saturated rings. The minimum absolute atomic E-state index is 0.0266. The number of aliphatic carboxylic acids is 2. The summed E-state index contributed by atoms with van der Waals surface area (Å²) in [4.78, 5) is 115. The SMILES string of the molecule is C[C@@H](O)[C@H](NC(=O)CN)C(=O)N[C@@H](CC(=O)O)C(=O)N1CCC[C@H]1C(=O)N[C@H](C(=O)N1CCC[C@H]1C(=O)N[C@@H](CCC(N)=O)C(=O)O)[C@@H](C)O. The highest BCUT2D eigenvalue weighted by Gasteiger charge is 2.44. The van der Waals surface area contributed by atoms with Crippen molar-refractivity contribution < 1.29 is 63.6 Å². The number of nitrogens with one attached hydrogen (secondary N) is 4. The van der Waals surface area contributed by atoms with E-state index in [1.54, 1.807) is 0 Å². The van der Waals surface area contributed by atoms with Crippen LogP contribution in [0.3, 0.4) is 0 Å². The van der Waals surface area contributed by atoms with Crippen molar-refractivity contribution in [1.82, 2.24) is 31.1 Å². The first kappa shape index (κ1) is 41.3. The highest BCUT2D eigenvalue weighted by molar-refractivity contribution is 5.98. The van der Waals surface area contributed by atoms with E-state index < -0.39 is 115 Å². The summed E-state index contributed by atoms with van der Waals surface area (Å²) in [6.45, 7) is 1.83. The highest BCUT2D eigenvalue weighted by Crippen LogP contribution is 2.22. The monoisotopic (exact) mass is 714 g/mol. The number of amides is 7. The molecule has 280 valence electrons. The van der Waals surface area contributed by atoms with Crippen LogP contribution in [-0.4, -0.2) is 152 Å². The summed E-state index contributed by atoms with van der Waals surface area (Å²) in [6.07, 6.45) is -3.72. The van der Waals surface area contributed by atoms with Crippen molar-refractivity contribution >= 4 is 53.3 Å². The molecule has 0 aromatic heterocycles. The number of carboxylic acid groups (broad SMARTS) is 2. The molecule has 0 radical (unpaired) electrons. The van der Waals surface area contributed by atoms with Gasteiger partial charge >= 0.3 is 11.9 Å². The van der Waals surface area contributed by atoms with Crippen molar-refractivity contribution in [3.63, 3.8) is 0 Å². The quantitative estimate of drug-likeness (QED) is 0.0633. The van der Waals surface area contributed by atoms with Crippen LogP contribution in [0.1, 0.15) is 58.8 Å². The van der Waals surface area contributed by atoms with E-state index in [2.05, 4.69) is 21.3 Å². The van der Waals surface area contributed by atoms with Crippen LogP contribution >= 0.6 is 0 Å². The molecular formula is C29H46N8O13. The van der Waals surface area contributed by atoms with Crippen LogP contribution < -0.4 is 32.7 Å². The summed E-state index contributed by atoms with van der Waals surface area (Å²) in [5, 5.41) is 48.5. The number of nitrogens with two attached hydrogens (primary N) is 2. The average Bonchev–Trinajstić information content (AvgIpc) is 3.73. The van der Waals surface area contributed by atoms with E-state index in [9.17, 15) is 63.6 Å². The molecule has 8 atom stereocenters. The van der Waals surface area contributed by atoms with Crippen LogP contribution in [0.5, 0.6) is 0 Å². The summed E-state index contributed by atoms with van der Waals surface area (Å²) in [7, 11) is 0. The fourth-order valence-electron chi connectivity index (χ4n) is 5.71. The molecule has 2 saturated heterocycles. The van der Waals surface area contributed by atoms with Crippen LogP contribution in [0.15, 0.2) is 0 Å². The Morgan fingerprint density at radius 2 is 1.26 bits per heavy atom. The minimum atomic E-state index is -1.74. The van der Waals surface area contributed by atoms with Gasteiger partial charge in [0.05, 0.1) is 25.2 Å². The topological polar surface area (TPSA) is 341 Å². The number of hydrogen-bond donors (Lipinski definition) is 10. The second-order valence-electron chi connectivity index (χ2n) is 12.2. The van der Waals surface area contributed by atoms with Gasteiger partial charge in [0.25, 0.3) is 0 Å². The Hall–Kier alpha value is -4.89. The van der Waals surface area contributed by atoms with Crippen LogP contribution in [0, 0.1) is 0 Å². The van der Waals surface area contributed by atoms with Gasteiger partial charge in [0, 0.05) is 19.5 Å². The van der Waals surface area contributed by atoms with E-state index >= 15 is 0 Å². The fraction of sp³-hybridized carbons (Fsp3) is 0.690. The van der Waals surface area contributed by atoms with Crippen molar-refractivity contribution in [3.05, 3.63) is 0 Å². The minimum Gasteiger partial charge on any atom is -0.481 e. The molecule has 7 amide bonds. The third-order valence-corrected chi connectivity index (χ3v) is 8.28. The second kappa shape index (κ2) is 18.8. The first-order chi connectivity index (χ1) is 23.4. The number of hydrogen-bond acceptors (Lipinski definition) is 12. The Morgan fingerprint density at radius 1 is 0.740 bits per heavy atom. The third-order valence-electron chi connectivity index (χ3n) is 8.28. The van der Waals surface area contributed by atoms with E-state index in [1.807, 2.05) is 0 Å². The Labute approximate surface area is 286 Å². The van der Waals surface area contributed by atoms with Gasteiger partial charge in [-0.1, -0.05) is 0 Å². The van der Waals surface area contributed by atoms with Crippen molar-refractivity contribution in [2.45, 2.75) is 107 Å². The van der Waals surface area contributed by atoms with Crippen LogP contribution in [0.4, 0.5) is 0 Å². The summed E-state index contributed by atoms with van der Waals surface area (Å²) in [5.41, 5.74) is 10.3. The van der Waals surface area contributed by atoms with E-state index in [0.717, 1.165) is 9.80 Å². The number of carboxylic acids is 2. The predicted octanol–water partition coefficient (Wildman–Crippen LogP) is -5.55. The van der Waals surface area contributed by atoms with Crippen molar-refractivity contribution in [2.75, 3.05) is 19.6 Å². The molecule has 0 aromatic rings. The molecule has 50 heavy (non-hydrogen) atoms. The first-order valence-corrected chi connectivity index (χ1v) is 16.0. The van der Waals surface area contributed by atoms with Crippen LogP contribution in [0.2, 0.25) is 0 Å². The lowest BCUT2D eigenvalue weighted by atomic mass is 10.1. The van der Waals surface area contributed by atoms with Gasteiger partial charge in [-0.05, 0) is 46.0 Å². The molecule has 0 spiro atoms. The van der Waals surface area contributed by atoms with E-state index in [4.69, 9.17) is 11.5 Å². The molecule has 2 aliphatic rings. The molecule has 0 unspecified atom stereocenters. The average molecular weight is 715 g/mol. The molecule has 21 nitrogen and oxygen atoms in total. The standard InChI is InChI=1S/C29H46N8O13/c1-13(38)22(34-20(41)12-30)26(46)33-16(11-21(42)43)27(47)36-9-3-6-18(36)25(45)35-23(14(2)39)28(48)37-10-4-5-17(37)24(44)32-15(29(49)50)7-8-19(31)40/h13-18,22-23,38-39H,3-12,30H2,1-2H3,(H2,31,40)(H,32,44)(H,33,46)(H,34,41)(H,35,45)(H,42,43)(H,49,50)/t13-,14-,15+,16+,17+,18+,22+,23+/m1/s1. The molecule has 21 heteroatoms. The molecule has 2 aliphatic heterocycles. The lowest BCUT2D eigenvalue weighted by molar-refractivity contribution is -0.148. The normalized spacial score (nSPS) is 20.7. The van der Waals surface area contributed by atoms with Gasteiger partial charge in [0.1, 0.15) is 36.3 Å². The van der Waals surface area contributed by atoms with E-state index in [-0.39, 0.29) is 45.2 Å². The zero-order valence-electron chi connectivity index (χ0n) is 27.7. The number of nitrogens with zero attached hydrogens (tertiary/aromatic N) is 2. The van der Waals surface area contributed by atoms with Gasteiger partial charge < -0.3 is 63.0 Å². The number of carbonyl (C=O) groups is 9. The molecule has 0 saturated carbocycles. The Kier molecular flexibility index (Phi) is 15.5. The van der Waals surface area contributed by atoms with Crippen LogP contribution in [0.25, 0.3) is 0 Å². The molecule has 0 aliphatic carbocycles. The number of aliphatic hydroxyl groups excluding tert-OH is 2. The van der Waals surface area contributed by atoms with Crippen molar-refractivity contribution in [3.8, 4) is 0 Å². The molecular weight excluding hydrogens is 668 g/mol. The van der Waals surface area contributed by atoms with Crippen LogP contribution in [-0.2, 0) is 43.2 Å². The maximum absolute atomic E-state index is 13.6. The fourth-order valence-corrected chi connectivity index (χ4v) is 5.71. The third kappa shape index (κ3) is 11.3. The lowest BCUT2D eigenvalue weighted by Gasteiger charge is -2.33. The Balaban J connectivity index is 2.22. The van der Waals surface area contributed by atoms with Crippen molar-refractivity contribution in [2.24, 2.45) is 11.5 Å². The van der Waals surface area contributed by atoms with Gasteiger partial charge in [-0.15, -0.1) is 0 Å². The van der Waals surface area contributed by atoms with Gasteiger partial charge in [-0.3, -0.25) is 38.4 Å². The zero-order valence-corrected chi connectivity index (χ0v) is 27.7. The summed E-state index contributed by atoms with van der Waals surface area (Å²) in [6, 6.07) is -8.85. The van der Waals surface area contributed by atoms with Crippen molar-refractivity contribution in [1.29, 1.82) is 0 Å². The summed E-state index contributed by atoms with van der Waals surface area (Å²) in [5.74, 6) is -9.17. The highest BCUT2D eigenvalue weighted by atomic mass is 16.4. The van der Waals surface area contributed by atoms with E-state index in [0.29, 0.717) is 6.42 Å².